The molecule has 0 bridgehead atoms. The number of nitrogens with one attached hydrogen (secondary N) is 1. The van der Waals surface area contributed by atoms with Crippen LogP contribution in [0.4, 0.5) is 5.82 Å². The van der Waals surface area contributed by atoms with Gasteiger partial charge in [-0.1, -0.05) is 13.8 Å². The Morgan fingerprint density at radius 2 is 2.30 bits per heavy atom. The van der Waals surface area contributed by atoms with E-state index in [1.807, 2.05) is 4.57 Å². The lowest BCUT2D eigenvalue weighted by Gasteiger charge is -2.15. The maximum Gasteiger partial charge on any atom is 0.167 e. The molecule has 0 amide bonds. The van der Waals surface area contributed by atoms with Gasteiger partial charge in [0.05, 0.1) is 31.3 Å². The molecular weight excluding hydrogens is 316 g/mol. The molecule has 9 heteroatoms. The summed E-state index contributed by atoms with van der Waals surface area (Å²) in [5, 5.41) is 8.60. The zero-order valence-electron chi connectivity index (χ0n) is 13.3. The molecule has 1 aliphatic rings. The van der Waals surface area contributed by atoms with Crippen molar-refractivity contribution in [2.24, 2.45) is 11.1 Å². The van der Waals surface area contributed by atoms with E-state index in [4.69, 9.17) is 14.1 Å². The first-order chi connectivity index (χ1) is 11.2. The molecule has 0 radical (unpaired) electrons. The van der Waals surface area contributed by atoms with Crippen LogP contribution in [-0.2, 0) is 8.92 Å². The third-order valence-corrected chi connectivity index (χ3v) is 4.03. The average molecular weight is 338 g/mol. The van der Waals surface area contributed by atoms with Gasteiger partial charge in [0.15, 0.2) is 17.0 Å². The summed E-state index contributed by atoms with van der Waals surface area (Å²) in [5.41, 5.74) is 1.56. The fourth-order valence-electron chi connectivity index (χ4n) is 2.62. The third-order valence-electron chi connectivity index (χ3n) is 3.75. The van der Waals surface area contributed by atoms with Crippen LogP contribution in [0.1, 0.15) is 32.9 Å². The monoisotopic (exact) mass is 338 g/mol. The molecule has 0 spiro atoms. The second kappa shape index (κ2) is 7.43. The van der Waals surface area contributed by atoms with Crippen LogP contribution < -0.4 is 10.5 Å². The highest BCUT2D eigenvalue weighted by molar-refractivity contribution is 7.92. The van der Waals surface area contributed by atoms with Crippen molar-refractivity contribution in [3.05, 3.63) is 12.7 Å². The number of nitrogens with zero attached hydrogens (tertiary/aromatic N) is 4. The molecule has 1 fully saturated rings. The van der Waals surface area contributed by atoms with Crippen LogP contribution in [0.2, 0.25) is 0 Å². The summed E-state index contributed by atoms with van der Waals surface area (Å²) in [7, 11) is 0. The molecule has 23 heavy (non-hydrogen) atoms. The lowest BCUT2D eigenvalue weighted by molar-refractivity contribution is -0.0128. The lowest BCUT2D eigenvalue weighted by atomic mass is 10.2. The Morgan fingerprint density at radius 1 is 1.43 bits per heavy atom. The summed E-state index contributed by atoms with van der Waals surface area (Å²) in [6.07, 6.45) is 5.12. The summed E-state index contributed by atoms with van der Waals surface area (Å²) >= 11 is 0.871. The van der Waals surface area contributed by atoms with Crippen LogP contribution >= 0.6 is 12.2 Å². The number of hydrogen-bond acceptors (Lipinski definition) is 8. The van der Waals surface area contributed by atoms with Crippen molar-refractivity contribution in [3.63, 3.8) is 0 Å². The molecule has 3 N–H and O–H groups in total. The predicted octanol–water partition coefficient (Wildman–Crippen LogP) is 2.11. The summed E-state index contributed by atoms with van der Waals surface area (Å²) in [4.78, 5) is 13.1. The second-order valence-corrected chi connectivity index (χ2v) is 6.42. The van der Waals surface area contributed by atoms with Gasteiger partial charge in [0, 0.05) is 6.54 Å². The summed E-state index contributed by atoms with van der Waals surface area (Å²) in [6.45, 7) is 5.63. The summed E-state index contributed by atoms with van der Waals surface area (Å²) < 4.78 is 13.1. The number of hydrogen-bond donors (Lipinski definition) is 2. The highest BCUT2D eigenvalue weighted by atomic mass is 32.2. The minimum atomic E-state index is -0.0794. The molecule has 1 aliphatic heterocycles. The maximum absolute atomic E-state index is 6.00. The molecule has 0 aromatic carbocycles. The van der Waals surface area contributed by atoms with Gasteiger partial charge in [-0.05, 0) is 18.8 Å². The van der Waals surface area contributed by atoms with Crippen molar-refractivity contribution in [1.82, 2.24) is 19.5 Å². The molecule has 0 aliphatic carbocycles. The summed E-state index contributed by atoms with van der Waals surface area (Å²) in [6, 6.07) is 0. The van der Waals surface area contributed by atoms with Crippen LogP contribution in [0, 0.1) is 5.92 Å². The molecule has 2 unspecified atom stereocenters. The number of ether oxygens (including phenoxy) is 1. The second-order valence-electron chi connectivity index (χ2n) is 5.99. The topological polar surface area (TPSA) is 100 Å². The molecule has 8 nitrogen and oxygen atoms in total. The smallest absolute Gasteiger partial charge is 0.167 e. The number of nitrogens with two attached hydrogens (primary N) is 1. The number of fused-ring (bicyclic) bond motifs is 1. The van der Waals surface area contributed by atoms with E-state index >= 15 is 0 Å². The van der Waals surface area contributed by atoms with Crippen LogP contribution in [0.25, 0.3) is 11.2 Å². The highest BCUT2D eigenvalue weighted by Gasteiger charge is 2.28. The predicted molar refractivity (Wildman–Crippen MR) is 89.5 cm³/mol. The Morgan fingerprint density at radius 3 is 3.09 bits per heavy atom. The van der Waals surface area contributed by atoms with Gasteiger partial charge in [0.2, 0.25) is 0 Å². The van der Waals surface area contributed by atoms with Crippen LogP contribution in [0.3, 0.4) is 0 Å². The molecule has 1 saturated heterocycles. The van der Waals surface area contributed by atoms with E-state index in [0.29, 0.717) is 12.5 Å². The Kier molecular flexibility index (Phi) is 5.31. The first-order valence-corrected chi connectivity index (χ1v) is 8.54. The van der Waals surface area contributed by atoms with Gasteiger partial charge in [-0.25, -0.2) is 15.0 Å². The van der Waals surface area contributed by atoms with Crippen molar-refractivity contribution in [2.75, 3.05) is 18.5 Å². The highest BCUT2D eigenvalue weighted by Crippen LogP contribution is 2.31. The number of anilines is 1. The SMILES string of the molecule is CC(C)CNc1ncnc2c1ncn2C1CCC(COSN)O1. The van der Waals surface area contributed by atoms with E-state index in [9.17, 15) is 0 Å². The van der Waals surface area contributed by atoms with Crippen molar-refractivity contribution in [1.29, 1.82) is 0 Å². The molecule has 126 valence electrons. The van der Waals surface area contributed by atoms with Crippen molar-refractivity contribution >= 4 is 29.2 Å². The van der Waals surface area contributed by atoms with Crippen LogP contribution in [0.15, 0.2) is 12.7 Å². The Hall–Kier alpha value is -1.42. The molecule has 2 aromatic heterocycles. The van der Waals surface area contributed by atoms with Gasteiger partial charge in [-0.3, -0.25) is 13.9 Å². The van der Waals surface area contributed by atoms with E-state index in [1.165, 1.54) is 0 Å². The number of imidazole rings is 1. The molecule has 3 heterocycles. The average Bonchev–Trinajstić information content (AvgIpc) is 3.17. The lowest BCUT2D eigenvalue weighted by Crippen LogP contribution is -2.15. The largest absolute Gasteiger partial charge is 0.368 e. The fraction of sp³-hybridized carbons (Fsp3) is 0.643. The Balaban J connectivity index is 1.76. The maximum atomic E-state index is 6.00. The number of aromatic nitrogens is 4. The van der Waals surface area contributed by atoms with E-state index in [2.05, 4.69) is 34.1 Å². The van der Waals surface area contributed by atoms with E-state index in [0.717, 1.165) is 48.6 Å². The van der Waals surface area contributed by atoms with Gasteiger partial charge in [-0.2, -0.15) is 0 Å². The van der Waals surface area contributed by atoms with Crippen molar-refractivity contribution in [2.45, 2.75) is 39.0 Å². The van der Waals surface area contributed by atoms with Gasteiger partial charge in [0.1, 0.15) is 12.6 Å². The molecule has 2 atom stereocenters. The normalized spacial score (nSPS) is 21.4. The van der Waals surface area contributed by atoms with E-state index in [-0.39, 0.29) is 12.3 Å². The molecule has 2 aromatic rings. The van der Waals surface area contributed by atoms with Crippen LogP contribution in [0.5, 0.6) is 0 Å². The van der Waals surface area contributed by atoms with Crippen LogP contribution in [-0.4, -0.2) is 38.8 Å². The van der Waals surface area contributed by atoms with Gasteiger partial charge < -0.3 is 10.1 Å². The fourth-order valence-corrected chi connectivity index (χ4v) is 2.85. The first kappa shape index (κ1) is 16.4. The third kappa shape index (κ3) is 3.74. The van der Waals surface area contributed by atoms with Gasteiger partial charge >= 0.3 is 0 Å². The zero-order chi connectivity index (χ0) is 16.2. The van der Waals surface area contributed by atoms with E-state index in [1.54, 1.807) is 12.7 Å². The van der Waals surface area contributed by atoms with Crippen molar-refractivity contribution in [3.8, 4) is 0 Å². The number of rotatable bonds is 7. The van der Waals surface area contributed by atoms with Gasteiger partial charge in [0.25, 0.3) is 0 Å². The Bertz CT molecular complexity index is 649. The van der Waals surface area contributed by atoms with Crippen molar-refractivity contribution < 1.29 is 8.92 Å². The van der Waals surface area contributed by atoms with E-state index < -0.39 is 0 Å². The minimum Gasteiger partial charge on any atom is -0.368 e. The Labute approximate surface area is 139 Å². The standard InChI is InChI=1S/C14H22N6O2S/c1-9(2)5-16-13-12-14(18-7-17-13)20(8-19-12)11-4-3-10(22-11)6-21-23-15/h7-11H,3-6,15H2,1-2H3,(H,16,17,18). The molecule has 0 saturated carbocycles. The first-order valence-electron chi connectivity index (χ1n) is 7.74. The van der Waals surface area contributed by atoms with Gasteiger partial charge in [-0.15, -0.1) is 0 Å². The molecular formula is C14H22N6O2S. The molecule has 3 rings (SSSR count). The quantitative estimate of drug-likeness (QED) is 0.585. The zero-order valence-corrected chi connectivity index (χ0v) is 14.1. The summed E-state index contributed by atoms with van der Waals surface area (Å²) in [5.74, 6) is 1.29. The minimum absolute atomic E-state index is 0.0499.